The highest BCUT2D eigenvalue weighted by Crippen LogP contribution is 2.17. The SMILES string of the molecule is O=C(NCc1nnc(-c2ccc(F)cc2)o1)c1ccco1. The molecular weight excluding hydrogens is 277 g/mol. The van der Waals surface area contributed by atoms with Gasteiger partial charge < -0.3 is 14.2 Å². The maximum atomic E-state index is 12.8. The molecule has 2 aromatic heterocycles. The van der Waals surface area contributed by atoms with Gasteiger partial charge in [0.1, 0.15) is 5.82 Å². The van der Waals surface area contributed by atoms with Gasteiger partial charge in [-0.2, -0.15) is 0 Å². The number of aromatic nitrogens is 2. The maximum absolute atomic E-state index is 12.8. The van der Waals surface area contributed by atoms with Crippen LogP contribution < -0.4 is 5.32 Å². The summed E-state index contributed by atoms with van der Waals surface area (Å²) >= 11 is 0. The minimum absolute atomic E-state index is 0.0771. The summed E-state index contributed by atoms with van der Waals surface area (Å²) < 4.78 is 23.2. The summed E-state index contributed by atoms with van der Waals surface area (Å²) in [5.41, 5.74) is 0.604. The highest BCUT2D eigenvalue weighted by atomic mass is 19.1. The van der Waals surface area contributed by atoms with Crippen molar-refractivity contribution in [3.63, 3.8) is 0 Å². The van der Waals surface area contributed by atoms with Crippen LogP contribution in [0.25, 0.3) is 11.5 Å². The summed E-state index contributed by atoms with van der Waals surface area (Å²) in [6.45, 7) is 0.0771. The van der Waals surface area contributed by atoms with Gasteiger partial charge in [0, 0.05) is 5.56 Å². The monoisotopic (exact) mass is 287 g/mol. The van der Waals surface area contributed by atoms with Gasteiger partial charge in [0.05, 0.1) is 12.8 Å². The van der Waals surface area contributed by atoms with E-state index >= 15 is 0 Å². The topological polar surface area (TPSA) is 81.2 Å². The fourth-order valence-corrected chi connectivity index (χ4v) is 1.68. The molecule has 0 unspecified atom stereocenters. The number of carbonyl (C=O) groups excluding carboxylic acids is 1. The van der Waals surface area contributed by atoms with Crippen molar-refractivity contribution < 1.29 is 18.0 Å². The number of amides is 1. The highest BCUT2D eigenvalue weighted by Gasteiger charge is 2.12. The van der Waals surface area contributed by atoms with E-state index in [-0.39, 0.29) is 35.8 Å². The lowest BCUT2D eigenvalue weighted by atomic mass is 10.2. The van der Waals surface area contributed by atoms with Crippen molar-refractivity contribution in [2.24, 2.45) is 0 Å². The summed E-state index contributed by atoms with van der Waals surface area (Å²) in [6.07, 6.45) is 1.41. The van der Waals surface area contributed by atoms with Gasteiger partial charge in [0.2, 0.25) is 11.8 Å². The predicted octanol–water partition coefficient (Wildman–Crippen LogP) is 2.40. The van der Waals surface area contributed by atoms with Crippen LogP contribution in [0.3, 0.4) is 0 Å². The van der Waals surface area contributed by atoms with E-state index in [9.17, 15) is 9.18 Å². The van der Waals surface area contributed by atoms with E-state index in [1.54, 1.807) is 12.1 Å². The van der Waals surface area contributed by atoms with Gasteiger partial charge in [-0.15, -0.1) is 10.2 Å². The molecule has 0 aliphatic rings. The number of nitrogens with one attached hydrogen (secondary N) is 1. The largest absolute Gasteiger partial charge is 0.459 e. The molecule has 0 atom stereocenters. The van der Waals surface area contributed by atoms with E-state index in [2.05, 4.69) is 15.5 Å². The first-order valence-electron chi connectivity index (χ1n) is 6.12. The summed E-state index contributed by atoms with van der Waals surface area (Å²) in [5.74, 6) is -0.00881. The second-order valence-corrected chi connectivity index (χ2v) is 4.17. The molecule has 1 N–H and O–H groups in total. The van der Waals surface area contributed by atoms with Gasteiger partial charge in [-0.05, 0) is 36.4 Å². The molecule has 7 heteroatoms. The van der Waals surface area contributed by atoms with Crippen molar-refractivity contribution in [1.82, 2.24) is 15.5 Å². The molecule has 0 aliphatic heterocycles. The predicted molar refractivity (Wildman–Crippen MR) is 69.6 cm³/mol. The third-order valence-corrected chi connectivity index (χ3v) is 2.70. The molecule has 0 fully saturated rings. The van der Waals surface area contributed by atoms with Crippen molar-refractivity contribution in [2.75, 3.05) is 0 Å². The molecule has 3 rings (SSSR count). The van der Waals surface area contributed by atoms with Crippen LogP contribution in [-0.2, 0) is 6.54 Å². The third-order valence-electron chi connectivity index (χ3n) is 2.70. The average molecular weight is 287 g/mol. The number of hydrogen-bond acceptors (Lipinski definition) is 5. The molecule has 1 aromatic carbocycles. The molecule has 1 amide bonds. The molecule has 0 saturated carbocycles. The number of furan rings is 1. The van der Waals surface area contributed by atoms with Crippen molar-refractivity contribution in [3.8, 4) is 11.5 Å². The smallest absolute Gasteiger partial charge is 0.287 e. The standard InChI is InChI=1S/C14H10FN3O3/c15-10-5-3-9(4-6-10)14-18-17-12(21-14)8-16-13(19)11-2-1-7-20-11/h1-7H,8H2,(H,16,19). The van der Waals surface area contributed by atoms with E-state index in [4.69, 9.17) is 8.83 Å². The van der Waals surface area contributed by atoms with E-state index in [0.29, 0.717) is 5.56 Å². The van der Waals surface area contributed by atoms with Gasteiger partial charge in [0.25, 0.3) is 5.91 Å². The summed E-state index contributed by atoms with van der Waals surface area (Å²) in [6, 6.07) is 8.85. The molecule has 3 aromatic rings. The lowest BCUT2D eigenvalue weighted by Gasteiger charge is -1.98. The number of halogens is 1. The van der Waals surface area contributed by atoms with Crippen LogP contribution in [0.15, 0.2) is 51.5 Å². The molecule has 6 nitrogen and oxygen atoms in total. The summed E-state index contributed by atoms with van der Waals surface area (Å²) in [7, 11) is 0. The zero-order valence-corrected chi connectivity index (χ0v) is 10.7. The summed E-state index contributed by atoms with van der Waals surface area (Å²) in [4.78, 5) is 11.7. The van der Waals surface area contributed by atoms with Gasteiger partial charge in [-0.25, -0.2) is 4.39 Å². The second-order valence-electron chi connectivity index (χ2n) is 4.17. The minimum atomic E-state index is -0.374. The third kappa shape index (κ3) is 2.97. The molecule has 21 heavy (non-hydrogen) atoms. The van der Waals surface area contributed by atoms with Crippen LogP contribution in [0.2, 0.25) is 0 Å². The fraction of sp³-hybridized carbons (Fsp3) is 0.0714. The molecule has 0 spiro atoms. The Morgan fingerprint density at radius 2 is 2.00 bits per heavy atom. The van der Waals surface area contributed by atoms with Crippen molar-refractivity contribution in [1.29, 1.82) is 0 Å². The second kappa shape index (κ2) is 5.58. The molecule has 106 valence electrons. The average Bonchev–Trinajstić information content (AvgIpc) is 3.17. The van der Waals surface area contributed by atoms with Crippen molar-refractivity contribution in [2.45, 2.75) is 6.54 Å². The first-order valence-corrected chi connectivity index (χ1v) is 6.12. The van der Waals surface area contributed by atoms with Gasteiger partial charge >= 0.3 is 0 Å². The Balaban J connectivity index is 1.65. The molecule has 0 radical (unpaired) electrons. The Kier molecular flexibility index (Phi) is 3.46. The minimum Gasteiger partial charge on any atom is -0.459 e. The first-order chi connectivity index (χ1) is 10.2. The number of rotatable bonds is 4. The Morgan fingerprint density at radius 1 is 1.19 bits per heavy atom. The zero-order chi connectivity index (χ0) is 14.7. The zero-order valence-electron chi connectivity index (χ0n) is 10.7. The van der Waals surface area contributed by atoms with Gasteiger partial charge in [-0.3, -0.25) is 4.79 Å². The Bertz CT molecular complexity index is 735. The normalized spacial score (nSPS) is 10.5. The van der Waals surface area contributed by atoms with E-state index in [1.807, 2.05) is 0 Å². The number of hydrogen-bond donors (Lipinski definition) is 1. The van der Waals surface area contributed by atoms with Crippen LogP contribution in [-0.4, -0.2) is 16.1 Å². The Morgan fingerprint density at radius 3 is 2.71 bits per heavy atom. The van der Waals surface area contributed by atoms with E-state index in [1.165, 1.54) is 30.5 Å². The maximum Gasteiger partial charge on any atom is 0.287 e. The lowest BCUT2D eigenvalue weighted by Crippen LogP contribution is -2.22. The van der Waals surface area contributed by atoms with Crippen LogP contribution in [0.1, 0.15) is 16.4 Å². The van der Waals surface area contributed by atoms with Crippen LogP contribution in [0.4, 0.5) is 4.39 Å². The highest BCUT2D eigenvalue weighted by molar-refractivity contribution is 5.91. The number of benzene rings is 1. The fourth-order valence-electron chi connectivity index (χ4n) is 1.68. The first kappa shape index (κ1) is 13.0. The Hall–Kier alpha value is -2.96. The van der Waals surface area contributed by atoms with E-state index in [0.717, 1.165) is 0 Å². The van der Waals surface area contributed by atoms with Crippen LogP contribution in [0, 0.1) is 5.82 Å². The molecule has 2 heterocycles. The van der Waals surface area contributed by atoms with Crippen LogP contribution in [0.5, 0.6) is 0 Å². The quantitative estimate of drug-likeness (QED) is 0.796. The van der Waals surface area contributed by atoms with Gasteiger partial charge in [0.15, 0.2) is 5.76 Å². The van der Waals surface area contributed by atoms with Gasteiger partial charge in [-0.1, -0.05) is 0 Å². The lowest BCUT2D eigenvalue weighted by molar-refractivity contribution is 0.0919. The number of nitrogens with zero attached hydrogens (tertiary/aromatic N) is 2. The van der Waals surface area contributed by atoms with Crippen LogP contribution >= 0.6 is 0 Å². The molecule has 0 aliphatic carbocycles. The Labute approximate surface area is 118 Å². The molecule has 0 bridgehead atoms. The van der Waals surface area contributed by atoms with Crippen molar-refractivity contribution >= 4 is 5.91 Å². The molecule has 0 saturated heterocycles. The summed E-state index contributed by atoms with van der Waals surface area (Å²) in [5, 5.41) is 10.2. The van der Waals surface area contributed by atoms with E-state index < -0.39 is 0 Å². The number of carbonyl (C=O) groups is 1. The van der Waals surface area contributed by atoms with Crippen molar-refractivity contribution in [3.05, 3.63) is 60.1 Å². The molecular formula is C14H10FN3O3.